The average molecular weight is 454 g/mol. The number of carbonyl (C=O) groups is 1. The predicted octanol–water partition coefficient (Wildman–Crippen LogP) is 2.91. The van der Waals surface area contributed by atoms with E-state index in [-0.39, 0.29) is 17.9 Å². The summed E-state index contributed by atoms with van der Waals surface area (Å²) >= 11 is 6.23. The Bertz CT molecular complexity index is 1190. The molecule has 0 bridgehead atoms. The molecule has 3 aromatic rings. The Labute approximate surface area is 189 Å². The first kappa shape index (κ1) is 19.6. The van der Waals surface area contributed by atoms with Crippen LogP contribution in [0.2, 0.25) is 5.02 Å². The molecular formula is C22H21ClFN7O. The second-order valence-electron chi connectivity index (χ2n) is 8.99. The molecule has 0 radical (unpaired) electrons. The first-order chi connectivity index (χ1) is 15.5. The molecule has 6 rings (SSSR count). The second-order valence-corrected chi connectivity index (χ2v) is 9.43. The second kappa shape index (κ2) is 7.23. The van der Waals surface area contributed by atoms with Gasteiger partial charge < -0.3 is 9.80 Å². The highest BCUT2D eigenvalue weighted by atomic mass is 35.5. The Morgan fingerprint density at radius 2 is 2.03 bits per heavy atom. The van der Waals surface area contributed by atoms with Crippen molar-refractivity contribution in [3.05, 3.63) is 59.0 Å². The van der Waals surface area contributed by atoms with Crippen LogP contribution in [0.15, 0.2) is 36.8 Å². The maximum Gasteiger partial charge on any atom is 0.254 e. The van der Waals surface area contributed by atoms with Gasteiger partial charge in [-0.2, -0.15) is 0 Å². The number of hydrogen-bond acceptors (Lipinski definition) is 6. The van der Waals surface area contributed by atoms with Gasteiger partial charge in [0.05, 0.1) is 18.4 Å². The smallest absolute Gasteiger partial charge is 0.254 e. The van der Waals surface area contributed by atoms with Gasteiger partial charge in [0.1, 0.15) is 11.6 Å². The van der Waals surface area contributed by atoms with Crippen LogP contribution in [0.5, 0.6) is 0 Å². The Balaban J connectivity index is 1.27. The Morgan fingerprint density at radius 3 is 2.78 bits per heavy atom. The molecule has 1 amide bonds. The van der Waals surface area contributed by atoms with Gasteiger partial charge in [-0.05, 0) is 36.6 Å². The summed E-state index contributed by atoms with van der Waals surface area (Å²) in [4.78, 5) is 24.4. The summed E-state index contributed by atoms with van der Waals surface area (Å²) in [5.74, 6) is 2.20. The molecule has 10 heteroatoms. The Kier molecular flexibility index (Phi) is 4.43. The van der Waals surface area contributed by atoms with Crippen LogP contribution >= 0.6 is 11.6 Å². The summed E-state index contributed by atoms with van der Waals surface area (Å²) < 4.78 is 15.2. The zero-order valence-electron chi connectivity index (χ0n) is 17.3. The normalized spacial score (nSPS) is 19.1. The number of carbonyl (C=O) groups excluding carboxylic acids is 1. The standard InChI is InChI=1S/C22H21ClFN7O/c23-16-1-2-17-14(5-16)10-29(20(32)8-24)11-19-27-28-21(31(17)19)15-6-22(7-15)12-30(13-22)18-9-25-3-4-26-18/h1-5,9,15H,6-8,10-13H2. The summed E-state index contributed by atoms with van der Waals surface area (Å²) in [7, 11) is 0. The van der Waals surface area contributed by atoms with Crippen molar-refractivity contribution in [1.29, 1.82) is 0 Å². The molecule has 2 aliphatic heterocycles. The van der Waals surface area contributed by atoms with Crippen molar-refractivity contribution in [2.24, 2.45) is 5.41 Å². The number of fused-ring (bicyclic) bond motifs is 3. The third-order valence-electron chi connectivity index (χ3n) is 6.85. The minimum absolute atomic E-state index is 0.223. The fraction of sp³-hybridized carbons (Fsp3) is 0.409. The molecule has 1 aliphatic carbocycles. The molecule has 1 saturated heterocycles. The van der Waals surface area contributed by atoms with E-state index in [0.29, 0.717) is 17.4 Å². The number of nitrogens with zero attached hydrogens (tertiary/aromatic N) is 7. The highest BCUT2D eigenvalue weighted by Crippen LogP contribution is 2.56. The maximum absolute atomic E-state index is 13.1. The minimum atomic E-state index is -1.04. The largest absolute Gasteiger partial charge is 0.354 e. The predicted molar refractivity (Wildman–Crippen MR) is 115 cm³/mol. The molecule has 0 unspecified atom stereocenters. The zero-order valence-corrected chi connectivity index (χ0v) is 18.0. The van der Waals surface area contributed by atoms with E-state index in [4.69, 9.17) is 11.6 Å². The van der Waals surface area contributed by atoms with Crippen LogP contribution in [0.4, 0.5) is 10.2 Å². The highest BCUT2D eigenvalue weighted by molar-refractivity contribution is 6.30. The van der Waals surface area contributed by atoms with Crippen molar-refractivity contribution in [2.75, 3.05) is 24.7 Å². The van der Waals surface area contributed by atoms with Crippen LogP contribution in [-0.4, -0.2) is 55.3 Å². The van der Waals surface area contributed by atoms with Gasteiger partial charge in [-0.3, -0.25) is 14.3 Å². The van der Waals surface area contributed by atoms with Crippen LogP contribution in [0.1, 0.15) is 36.0 Å². The molecule has 32 heavy (non-hydrogen) atoms. The number of halogens is 2. The highest BCUT2D eigenvalue weighted by Gasteiger charge is 2.54. The van der Waals surface area contributed by atoms with Crippen molar-refractivity contribution in [2.45, 2.75) is 31.8 Å². The third kappa shape index (κ3) is 3.06. The SMILES string of the molecule is O=C(CF)N1Cc2cc(Cl)ccc2-n2c(nnc2C2CC3(C2)CN(c2cnccn2)C3)C1. The average Bonchev–Trinajstić information content (AvgIpc) is 3.07. The molecule has 1 aromatic carbocycles. The monoisotopic (exact) mass is 453 g/mol. The zero-order chi connectivity index (χ0) is 21.9. The molecule has 0 atom stereocenters. The van der Waals surface area contributed by atoms with Crippen molar-refractivity contribution in [3.8, 4) is 5.69 Å². The first-order valence-corrected chi connectivity index (χ1v) is 11.0. The topological polar surface area (TPSA) is 80.0 Å². The Morgan fingerprint density at radius 1 is 1.19 bits per heavy atom. The fourth-order valence-corrected chi connectivity index (χ4v) is 5.55. The summed E-state index contributed by atoms with van der Waals surface area (Å²) in [6, 6.07) is 5.60. The van der Waals surface area contributed by atoms with Crippen LogP contribution < -0.4 is 4.90 Å². The van der Waals surface area contributed by atoms with Crippen LogP contribution in [-0.2, 0) is 17.9 Å². The van der Waals surface area contributed by atoms with E-state index >= 15 is 0 Å². The lowest BCUT2D eigenvalue weighted by Crippen LogP contribution is -2.62. The van der Waals surface area contributed by atoms with Gasteiger partial charge in [-0.25, -0.2) is 9.37 Å². The van der Waals surface area contributed by atoms with Crippen LogP contribution in [0, 0.1) is 5.41 Å². The molecule has 164 valence electrons. The lowest BCUT2D eigenvalue weighted by Gasteiger charge is -2.59. The first-order valence-electron chi connectivity index (χ1n) is 10.6. The van der Waals surface area contributed by atoms with E-state index in [1.807, 2.05) is 22.8 Å². The van der Waals surface area contributed by atoms with Gasteiger partial charge in [0.15, 0.2) is 12.5 Å². The third-order valence-corrected chi connectivity index (χ3v) is 7.08. The molecule has 1 spiro atoms. The number of hydrogen-bond donors (Lipinski definition) is 0. The van der Waals surface area contributed by atoms with Gasteiger partial charge in [0.2, 0.25) is 0 Å². The van der Waals surface area contributed by atoms with E-state index < -0.39 is 12.6 Å². The van der Waals surface area contributed by atoms with Crippen LogP contribution in [0.25, 0.3) is 5.69 Å². The van der Waals surface area contributed by atoms with Crippen molar-refractivity contribution >= 4 is 23.3 Å². The van der Waals surface area contributed by atoms with E-state index in [1.54, 1.807) is 18.6 Å². The van der Waals surface area contributed by atoms with Crippen molar-refractivity contribution in [3.63, 3.8) is 0 Å². The number of rotatable bonds is 3. The summed E-state index contributed by atoms with van der Waals surface area (Å²) in [6.45, 7) is 1.41. The van der Waals surface area contributed by atoms with E-state index in [2.05, 4.69) is 25.1 Å². The van der Waals surface area contributed by atoms with Gasteiger partial charge in [-0.15, -0.1) is 10.2 Å². The number of benzene rings is 1. The van der Waals surface area contributed by atoms with Gasteiger partial charge in [0.25, 0.3) is 5.91 Å². The molecular weight excluding hydrogens is 433 g/mol. The van der Waals surface area contributed by atoms with Crippen molar-refractivity contribution < 1.29 is 9.18 Å². The molecule has 3 aliphatic rings. The van der Waals surface area contributed by atoms with Crippen molar-refractivity contribution in [1.82, 2.24) is 29.6 Å². The molecule has 2 fully saturated rings. The lowest BCUT2D eigenvalue weighted by atomic mass is 9.57. The fourth-order valence-electron chi connectivity index (χ4n) is 5.36. The number of anilines is 1. The van der Waals surface area contributed by atoms with E-state index in [1.165, 1.54) is 4.90 Å². The van der Waals surface area contributed by atoms with Gasteiger partial charge in [-0.1, -0.05) is 11.6 Å². The molecule has 2 aromatic heterocycles. The lowest BCUT2D eigenvalue weighted by molar-refractivity contribution is -0.133. The quantitative estimate of drug-likeness (QED) is 0.606. The molecule has 8 nitrogen and oxygen atoms in total. The van der Waals surface area contributed by atoms with Crippen LogP contribution in [0.3, 0.4) is 0 Å². The summed E-state index contributed by atoms with van der Waals surface area (Å²) in [6.07, 6.45) is 7.25. The number of alkyl halides is 1. The van der Waals surface area contributed by atoms with E-state index in [0.717, 1.165) is 48.8 Å². The minimum Gasteiger partial charge on any atom is -0.354 e. The van der Waals surface area contributed by atoms with E-state index in [9.17, 15) is 9.18 Å². The molecule has 1 saturated carbocycles. The maximum atomic E-state index is 13.1. The van der Waals surface area contributed by atoms with Gasteiger partial charge >= 0.3 is 0 Å². The Hall–Kier alpha value is -3.07. The number of amides is 1. The number of aromatic nitrogens is 5. The molecule has 4 heterocycles. The molecule has 0 N–H and O–H groups in total. The summed E-state index contributed by atoms with van der Waals surface area (Å²) in [5, 5.41) is 9.49. The summed E-state index contributed by atoms with van der Waals surface area (Å²) in [5.41, 5.74) is 2.05. The van der Waals surface area contributed by atoms with Gasteiger partial charge in [0, 0.05) is 48.4 Å².